The summed E-state index contributed by atoms with van der Waals surface area (Å²) in [5.74, 6) is 2.86. The molecule has 0 saturated heterocycles. The van der Waals surface area contributed by atoms with Gasteiger partial charge in [-0.15, -0.1) is 10.2 Å². The summed E-state index contributed by atoms with van der Waals surface area (Å²) in [5, 5.41) is 8.21. The van der Waals surface area contributed by atoms with Gasteiger partial charge in [-0.25, -0.2) is 0 Å². The average Bonchev–Trinajstić information content (AvgIpc) is 3.18. The van der Waals surface area contributed by atoms with E-state index in [1.165, 1.54) is 0 Å². The number of aromatic nitrogens is 2. The molecule has 2 aromatic heterocycles. The van der Waals surface area contributed by atoms with Gasteiger partial charge in [0.05, 0.1) is 18.9 Å². The third-order valence-electron chi connectivity index (χ3n) is 3.31. The number of methoxy groups -OCH3 is 1. The smallest absolute Gasteiger partial charge is 0.251 e. The molecule has 0 spiro atoms. The predicted molar refractivity (Wildman–Crippen MR) is 77.1 cm³/mol. The standard InChI is InChI=1S/C16H16N2O3/c1-11(13-8-5-9-20-13)10-15-17-18-16(21-15)12-6-3-4-7-14(12)19-2/h3-9,11H,10H2,1-2H3. The molecular weight excluding hydrogens is 268 g/mol. The zero-order chi connectivity index (χ0) is 14.7. The first kappa shape index (κ1) is 13.4. The minimum absolute atomic E-state index is 0.186. The molecule has 5 nitrogen and oxygen atoms in total. The molecule has 0 radical (unpaired) electrons. The normalized spacial score (nSPS) is 12.3. The summed E-state index contributed by atoms with van der Waals surface area (Å²) in [6, 6.07) is 11.4. The molecule has 3 rings (SSSR count). The van der Waals surface area contributed by atoms with E-state index in [1.54, 1.807) is 13.4 Å². The van der Waals surface area contributed by atoms with Crippen LogP contribution in [0.15, 0.2) is 51.5 Å². The van der Waals surface area contributed by atoms with Gasteiger partial charge in [0.15, 0.2) is 0 Å². The van der Waals surface area contributed by atoms with E-state index in [-0.39, 0.29) is 5.92 Å². The van der Waals surface area contributed by atoms with Crippen molar-refractivity contribution in [2.75, 3.05) is 7.11 Å². The van der Waals surface area contributed by atoms with E-state index in [9.17, 15) is 0 Å². The van der Waals surface area contributed by atoms with Crippen LogP contribution in [0.25, 0.3) is 11.5 Å². The van der Waals surface area contributed by atoms with Gasteiger partial charge in [0.2, 0.25) is 5.89 Å². The molecule has 0 fully saturated rings. The second-order valence-electron chi connectivity index (χ2n) is 4.82. The monoisotopic (exact) mass is 284 g/mol. The van der Waals surface area contributed by atoms with Crippen LogP contribution in [0.3, 0.4) is 0 Å². The summed E-state index contributed by atoms with van der Waals surface area (Å²) in [6.07, 6.45) is 2.30. The van der Waals surface area contributed by atoms with Crippen LogP contribution >= 0.6 is 0 Å². The Bertz CT molecular complexity index is 704. The molecule has 0 aliphatic carbocycles. The number of ether oxygens (including phenoxy) is 1. The van der Waals surface area contributed by atoms with Gasteiger partial charge in [-0.05, 0) is 24.3 Å². The molecule has 21 heavy (non-hydrogen) atoms. The Hall–Kier alpha value is -2.56. The topological polar surface area (TPSA) is 61.3 Å². The van der Waals surface area contributed by atoms with Crippen LogP contribution in [-0.4, -0.2) is 17.3 Å². The van der Waals surface area contributed by atoms with Crippen LogP contribution < -0.4 is 4.74 Å². The Labute approximate surface area is 122 Å². The highest BCUT2D eigenvalue weighted by molar-refractivity contribution is 5.62. The van der Waals surface area contributed by atoms with Crippen molar-refractivity contribution < 1.29 is 13.6 Å². The van der Waals surface area contributed by atoms with E-state index < -0.39 is 0 Å². The molecule has 1 atom stereocenters. The minimum Gasteiger partial charge on any atom is -0.496 e. The Balaban J connectivity index is 1.80. The molecule has 0 aliphatic heterocycles. The van der Waals surface area contributed by atoms with Crippen LogP contribution in [0.5, 0.6) is 5.75 Å². The van der Waals surface area contributed by atoms with E-state index >= 15 is 0 Å². The Morgan fingerprint density at radius 2 is 2.00 bits per heavy atom. The minimum atomic E-state index is 0.186. The second kappa shape index (κ2) is 5.83. The van der Waals surface area contributed by atoms with Crippen molar-refractivity contribution >= 4 is 0 Å². The molecule has 3 aromatic rings. The highest BCUT2D eigenvalue weighted by atomic mass is 16.5. The van der Waals surface area contributed by atoms with E-state index in [0.29, 0.717) is 24.0 Å². The lowest BCUT2D eigenvalue weighted by molar-refractivity contribution is 0.411. The van der Waals surface area contributed by atoms with Crippen molar-refractivity contribution in [3.8, 4) is 17.2 Å². The number of para-hydroxylation sites is 1. The van der Waals surface area contributed by atoms with Crippen molar-refractivity contribution in [1.82, 2.24) is 10.2 Å². The molecule has 0 saturated carbocycles. The Morgan fingerprint density at radius 1 is 1.14 bits per heavy atom. The van der Waals surface area contributed by atoms with E-state index in [2.05, 4.69) is 17.1 Å². The third kappa shape index (κ3) is 2.81. The van der Waals surface area contributed by atoms with Gasteiger partial charge in [-0.2, -0.15) is 0 Å². The molecular formula is C16H16N2O3. The van der Waals surface area contributed by atoms with Crippen LogP contribution in [-0.2, 0) is 6.42 Å². The summed E-state index contributed by atoms with van der Waals surface area (Å²) >= 11 is 0. The fourth-order valence-electron chi connectivity index (χ4n) is 2.20. The van der Waals surface area contributed by atoms with Gasteiger partial charge in [0.1, 0.15) is 11.5 Å². The molecule has 2 heterocycles. The van der Waals surface area contributed by atoms with Crippen molar-refractivity contribution in [3.63, 3.8) is 0 Å². The predicted octanol–water partition coefficient (Wildman–Crippen LogP) is 3.68. The van der Waals surface area contributed by atoms with Crippen LogP contribution in [0.2, 0.25) is 0 Å². The Morgan fingerprint density at radius 3 is 2.76 bits per heavy atom. The zero-order valence-electron chi connectivity index (χ0n) is 11.9. The number of rotatable bonds is 5. The van der Waals surface area contributed by atoms with Crippen molar-refractivity contribution in [2.24, 2.45) is 0 Å². The molecule has 5 heteroatoms. The first-order chi connectivity index (χ1) is 10.3. The molecule has 1 unspecified atom stereocenters. The maximum absolute atomic E-state index is 5.74. The summed E-state index contributed by atoms with van der Waals surface area (Å²) in [5.41, 5.74) is 0.796. The molecule has 0 N–H and O–H groups in total. The van der Waals surface area contributed by atoms with Crippen LogP contribution in [0.1, 0.15) is 24.5 Å². The first-order valence-corrected chi connectivity index (χ1v) is 6.77. The maximum Gasteiger partial charge on any atom is 0.251 e. The number of nitrogens with zero attached hydrogens (tertiary/aromatic N) is 2. The van der Waals surface area contributed by atoms with Crippen molar-refractivity contribution in [2.45, 2.75) is 19.3 Å². The zero-order valence-corrected chi connectivity index (χ0v) is 11.9. The average molecular weight is 284 g/mol. The van der Waals surface area contributed by atoms with Gasteiger partial charge < -0.3 is 13.6 Å². The Kier molecular flexibility index (Phi) is 3.73. The highest BCUT2D eigenvalue weighted by Gasteiger charge is 2.16. The third-order valence-corrected chi connectivity index (χ3v) is 3.31. The lowest BCUT2D eigenvalue weighted by atomic mass is 10.1. The van der Waals surface area contributed by atoms with Gasteiger partial charge in [0.25, 0.3) is 5.89 Å². The fraction of sp³-hybridized carbons (Fsp3) is 0.250. The van der Waals surface area contributed by atoms with Gasteiger partial charge in [0, 0.05) is 12.3 Å². The van der Waals surface area contributed by atoms with Crippen LogP contribution in [0, 0.1) is 0 Å². The molecule has 108 valence electrons. The summed E-state index contributed by atoms with van der Waals surface area (Å²) in [7, 11) is 1.62. The van der Waals surface area contributed by atoms with Crippen molar-refractivity contribution in [1.29, 1.82) is 0 Å². The molecule has 0 bridgehead atoms. The highest BCUT2D eigenvalue weighted by Crippen LogP contribution is 2.29. The lowest BCUT2D eigenvalue weighted by Gasteiger charge is -2.05. The number of hydrogen-bond donors (Lipinski definition) is 0. The van der Waals surface area contributed by atoms with Gasteiger partial charge in [-0.3, -0.25) is 0 Å². The summed E-state index contributed by atoms with van der Waals surface area (Å²) in [4.78, 5) is 0. The number of furan rings is 1. The van der Waals surface area contributed by atoms with E-state index in [1.807, 2.05) is 36.4 Å². The van der Waals surface area contributed by atoms with Crippen molar-refractivity contribution in [3.05, 3.63) is 54.3 Å². The second-order valence-corrected chi connectivity index (χ2v) is 4.82. The van der Waals surface area contributed by atoms with Gasteiger partial charge in [-0.1, -0.05) is 19.1 Å². The SMILES string of the molecule is COc1ccccc1-c1nnc(CC(C)c2ccco2)o1. The largest absolute Gasteiger partial charge is 0.496 e. The lowest BCUT2D eigenvalue weighted by Crippen LogP contribution is -1.97. The summed E-state index contributed by atoms with van der Waals surface area (Å²) < 4.78 is 16.4. The quantitative estimate of drug-likeness (QED) is 0.715. The van der Waals surface area contributed by atoms with Crippen LogP contribution in [0.4, 0.5) is 0 Å². The summed E-state index contributed by atoms with van der Waals surface area (Å²) in [6.45, 7) is 2.06. The van der Waals surface area contributed by atoms with E-state index in [4.69, 9.17) is 13.6 Å². The molecule has 0 aliphatic rings. The molecule has 1 aromatic carbocycles. The maximum atomic E-state index is 5.74. The van der Waals surface area contributed by atoms with E-state index in [0.717, 1.165) is 11.3 Å². The number of hydrogen-bond acceptors (Lipinski definition) is 5. The number of benzene rings is 1. The van der Waals surface area contributed by atoms with Gasteiger partial charge >= 0.3 is 0 Å². The molecule has 0 amide bonds. The fourth-order valence-corrected chi connectivity index (χ4v) is 2.20. The first-order valence-electron chi connectivity index (χ1n) is 6.77.